The van der Waals surface area contributed by atoms with Crippen LogP contribution in [0.25, 0.3) is 0 Å². The van der Waals surface area contributed by atoms with Crippen LogP contribution in [0.5, 0.6) is 0 Å². The molecule has 0 amide bonds. The Morgan fingerprint density at radius 2 is 0.788 bits per heavy atom. The van der Waals surface area contributed by atoms with Gasteiger partial charge in [0.2, 0.25) is 0 Å². The molecule has 0 aliphatic carbocycles. The highest BCUT2D eigenvalue weighted by Gasteiger charge is 2.08. The van der Waals surface area contributed by atoms with Gasteiger partial charge in [0.05, 0.1) is 18.9 Å². The molecule has 33 heavy (non-hydrogen) atoms. The van der Waals surface area contributed by atoms with E-state index in [-0.39, 0.29) is 0 Å². The van der Waals surface area contributed by atoms with Crippen molar-refractivity contribution in [1.82, 2.24) is 0 Å². The molecule has 0 spiro atoms. The number of para-hydroxylation sites is 1. The largest absolute Gasteiger partial charge is 0.249 e. The Morgan fingerprint density at radius 1 is 0.455 bits per heavy atom. The molecular weight excluding hydrogens is 406 g/mol. The van der Waals surface area contributed by atoms with Crippen LogP contribution in [-0.4, -0.2) is 13.2 Å². The number of anilines is 1. The van der Waals surface area contributed by atoms with Crippen LogP contribution in [0.1, 0.15) is 142 Å². The zero-order valence-corrected chi connectivity index (χ0v) is 22.2. The average Bonchev–Trinajstić information content (AvgIpc) is 2.85. The van der Waals surface area contributed by atoms with E-state index in [0.717, 1.165) is 31.7 Å². The minimum Gasteiger partial charge on any atom is -0.249 e. The maximum Gasteiger partial charge on any atom is 0.0947 e. The van der Waals surface area contributed by atoms with Crippen LogP contribution in [-0.2, 0) is 9.68 Å². The molecule has 0 N–H and O–H groups in total. The molecule has 0 saturated carbocycles. The van der Waals surface area contributed by atoms with E-state index in [1.807, 2.05) is 18.2 Å². The normalized spacial score (nSPS) is 11.2. The molecule has 192 valence electrons. The molecule has 0 aromatic heterocycles. The summed E-state index contributed by atoms with van der Waals surface area (Å²) < 4.78 is 0. The van der Waals surface area contributed by atoms with Crippen LogP contribution in [0.4, 0.5) is 5.69 Å². The summed E-state index contributed by atoms with van der Waals surface area (Å²) in [5.74, 6) is 0. The Labute approximate surface area is 206 Å². The molecule has 0 aliphatic heterocycles. The molecule has 1 rings (SSSR count). The van der Waals surface area contributed by atoms with Gasteiger partial charge in [-0.1, -0.05) is 148 Å². The fourth-order valence-corrected chi connectivity index (χ4v) is 4.21. The SMILES string of the molecule is CCCCCCCCCCCCCCON(OCCCCCCCCCC)c1ccccc1. The third-order valence-corrected chi connectivity index (χ3v) is 6.38. The molecule has 0 aliphatic rings. The first-order valence-corrected chi connectivity index (χ1v) is 14.5. The van der Waals surface area contributed by atoms with Crippen molar-refractivity contribution in [3.63, 3.8) is 0 Å². The third-order valence-electron chi connectivity index (χ3n) is 6.38. The lowest BCUT2D eigenvalue weighted by molar-refractivity contribution is -0.0914. The van der Waals surface area contributed by atoms with E-state index >= 15 is 0 Å². The van der Waals surface area contributed by atoms with E-state index in [1.54, 1.807) is 5.23 Å². The summed E-state index contributed by atoms with van der Waals surface area (Å²) in [4.78, 5) is 12.0. The highest BCUT2D eigenvalue weighted by molar-refractivity contribution is 5.40. The van der Waals surface area contributed by atoms with Crippen molar-refractivity contribution in [2.75, 3.05) is 18.4 Å². The number of unbranched alkanes of at least 4 members (excludes halogenated alkanes) is 18. The molecule has 1 aromatic carbocycles. The van der Waals surface area contributed by atoms with Gasteiger partial charge >= 0.3 is 0 Å². The summed E-state index contributed by atoms with van der Waals surface area (Å²) in [5.41, 5.74) is 0.982. The zero-order chi connectivity index (χ0) is 23.7. The van der Waals surface area contributed by atoms with E-state index in [0.29, 0.717) is 0 Å². The summed E-state index contributed by atoms with van der Waals surface area (Å²) in [6.45, 7) is 6.01. The highest BCUT2D eigenvalue weighted by Crippen LogP contribution is 2.17. The fraction of sp³-hybridized carbons (Fsp3) is 0.800. The van der Waals surface area contributed by atoms with Gasteiger partial charge in [-0.15, -0.1) is 5.23 Å². The average molecular weight is 462 g/mol. The lowest BCUT2D eigenvalue weighted by Crippen LogP contribution is -2.25. The van der Waals surface area contributed by atoms with Crippen molar-refractivity contribution in [2.24, 2.45) is 0 Å². The van der Waals surface area contributed by atoms with Gasteiger partial charge in [0.15, 0.2) is 0 Å². The second kappa shape index (κ2) is 24.1. The lowest BCUT2D eigenvalue weighted by Gasteiger charge is -2.22. The van der Waals surface area contributed by atoms with E-state index in [2.05, 4.69) is 26.0 Å². The Morgan fingerprint density at radius 3 is 1.15 bits per heavy atom. The van der Waals surface area contributed by atoms with Gasteiger partial charge in [0, 0.05) is 0 Å². The van der Waals surface area contributed by atoms with Crippen LogP contribution >= 0.6 is 0 Å². The maximum absolute atomic E-state index is 6.00. The highest BCUT2D eigenvalue weighted by atomic mass is 16.9. The van der Waals surface area contributed by atoms with Crippen LogP contribution in [0.3, 0.4) is 0 Å². The second-order valence-electron chi connectivity index (χ2n) is 9.62. The molecular formula is C30H55NO2. The number of benzene rings is 1. The summed E-state index contributed by atoms with van der Waals surface area (Å²) in [5, 5.41) is 1.65. The van der Waals surface area contributed by atoms with E-state index in [1.165, 1.54) is 116 Å². The maximum atomic E-state index is 6.00. The Bertz CT molecular complexity index is 493. The zero-order valence-electron chi connectivity index (χ0n) is 22.2. The van der Waals surface area contributed by atoms with Crippen LogP contribution < -0.4 is 5.23 Å². The van der Waals surface area contributed by atoms with Gasteiger partial charge in [0.25, 0.3) is 0 Å². The van der Waals surface area contributed by atoms with Gasteiger partial charge in [-0.3, -0.25) is 0 Å². The molecule has 0 atom stereocenters. The molecule has 1 aromatic rings. The fourth-order valence-electron chi connectivity index (χ4n) is 4.21. The first-order valence-electron chi connectivity index (χ1n) is 14.5. The Kier molecular flexibility index (Phi) is 21.9. The number of hydrogen-bond acceptors (Lipinski definition) is 3. The molecule has 0 unspecified atom stereocenters. The van der Waals surface area contributed by atoms with Gasteiger partial charge < -0.3 is 0 Å². The van der Waals surface area contributed by atoms with Crippen molar-refractivity contribution in [3.8, 4) is 0 Å². The minimum absolute atomic E-state index is 0.725. The molecule has 0 radical (unpaired) electrons. The summed E-state index contributed by atoms with van der Waals surface area (Å²) in [6, 6.07) is 10.2. The third kappa shape index (κ3) is 19.0. The lowest BCUT2D eigenvalue weighted by atomic mass is 10.1. The van der Waals surface area contributed by atoms with Crippen LogP contribution in [0.2, 0.25) is 0 Å². The van der Waals surface area contributed by atoms with Crippen molar-refractivity contribution in [3.05, 3.63) is 30.3 Å². The van der Waals surface area contributed by atoms with Crippen molar-refractivity contribution in [2.45, 2.75) is 142 Å². The van der Waals surface area contributed by atoms with Crippen LogP contribution in [0, 0.1) is 0 Å². The monoisotopic (exact) mass is 461 g/mol. The standard InChI is InChI=1S/C30H55NO2/c1-3-5-7-9-11-13-14-15-16-18-20-25-29-33-31(30-26-22-21-23-27-30)32-28-24-19-17-12-10-8-6-4-2/h21-23,26-27H,3-20,24-25,28-29H2,1-2H3. The number of rotatable bonds is 25. The molecule has 0 heterocycles. The van der Waals surface area contributed by atoms with Crippen molar-refractivity contribution in [1.29, 1.82) is 0 Å². The van der Waals surface area contributed by atoms with E-state index < -0.39 is 0 Å². The molecule has 3 nitrogen and oxygen atoms in total. The second-order valence-corrected chi connectivity index (χ2v) is 9.62. The minimum atomic E-state index is 0.725. The van der Waals surface area contributed by atoms with Crippen molar-refractivity contribution < 1.29 is 9.68 Å². The van der Waals surface area contributed by atoms with Gasteiger partial charge in [-0.05, 0) is 25.0 Å². The first-order chi connectivity index (χ1) is 16.4. The van der Waals surface area contributed by atoms with E-state index in [4.69, 9.17) is 9.68 Å². The predicted octanol–water partition coefficient (Wildman–Crippen LogP) is 10.2. The molecule has 0 bridgehead atoms. The van der Waals surface area contributed by atoms with Crippen LogP contribution in [0.15, 0.2) is 30.3 Å². The predicted molar refractivity (Wildman–Crippen MR) is 145 cm³/mol. The van der Waals surface area contributed by atoms with E-state index in [9.17, 15) is 0 Å². The van der Waals surface area contributed by atoms with Gasteiger partial charge in [-0.2, -0.15) is 0 Å². The summed E-state index contributed by atoms with van der Waals surface area (Å²) >= 11 is 0. The topological polar surface area (TPSA) is 21.7 Å². The van der Waals surface area contributed by atoms with Gasteiger partial charge in [-0.25, -0.2) is 9.68 Å². The quantitative estimate of drug-likeness (QED) is 0.107. The number of nitrogens with zero attached hydrogens (tertiary/aromatic N) is 1. The summed E-state index contributed by atoms with van der Waals surface area (Å²) in [6.07, 6.45) is 26.8. The summed E-state index contributed by atoms with van der Waals surface area (Å²) in [7, 11) is 0. The number of hydrogen-bond donors (Lipinski definition) is 0. The Hall–Kier alpha value is -1.06. The molecule has 0 fully saturated rings. The first kappa shape index (κ1) is 30.0. The van der Waals surface area contributed by atoms with Gasteiger partial charge in [0.1, 0.15) is 0 Å². The smallest absolute Gasteiger partial charge is 0.0947 e. The van der Waals surface area contributed by atoms with Crippen molar-refractivity contribution >= 4 is 5.69 Å². The Balaban J connectivity index is 2.05. The molecule has 0 saturated heterocycles. The molecule has 3 heteroatoms.